The van der Waals surface area contributed by atoms with Crippen LogP contribution in [0.4, 0.5) is 5.69 Å². The fraction of sp³-hybridized carbons (Fsp3) is 0.100. The summed E-state index contributed by atoms with van der Waals surface area (Å²) in [6.45, 7) is 0. The van der Waals surface area contributed by atoms with Gasteiger partial charge in [-0.1, -0.05) is 48.5 Å². The monoisotopic (exact) mass is 383 g/mol. The fourth-order valence-electron chi connectivity index (χ4n) is 2.39. The molecule has 3 aromatic rings. The molecule has 26 heavy (non-hydrogen) atoms. The van der Waals surface area contributed by atoms with Crippen molar-refractivity contribution in [2.75, 3.05) is 12.4 Å². The van der Waals surface area contributed by atoms with Gasteiger partial charge < -0.3 is 10.1 Å². The zero-order chi connectivity index (χ0) is 18.4. The maximum atomic E-state index is 13.0. The third-order valence-electron chi connectivity index (χ3n) is 3.63. The molecule has 0 saturated heterocycles. The van der Waals surface area contributed by atoms with E-state index >= 15 is 0 Å². The minimum Gasteiger partial charge on any atom is -0.465 e. The Hall–Kier alpha value is -2.57. The second kappa shape index (κ2) is 8.69. The Labute approximate surface area is 160 Å². The van der Waals surface area contributed by atoms with Gasteiger partial charge in [-0.3, -0.25) is 4.79 Å². The number of nitrogens with one attached hydrogen (secondary N) is 1. The summed E-state index contributed by atoms with van der Waals surface area (Å²) in [7, 11) is 1.33. The molecule has 2 aromatic carbocycles. The van der Waals surface area contributed by atoms with Crippen LogP contribution in [0.2, 0.25) is 0 Å². The van der Waals surface area contributed by atoms with Crippen LogP contribution >= 0.6 is 23.1 Å². The molecule has 0 bridgehead atoms. The van der Waals surface area contributed by atoms with Crippen LogP contribution in [-0.4, -0.2) is 19.0 Å². The highest BCUT2D eigenvalue weighted by molar-refractivity contribution is 8.00. The van der Waals surface area contributed by atoms with Crippen LogP contribution in [0.15, 0.2) is 77.0 Å². The molecule has 0 aliphatic carbocycles. The van der Waals surface area contributed by atoms with E-state index in [2.05, 4.69) is 5.32 Å². The number of thiophene rings is 1. The Balaban J connectivity index is 1.86. The summed E-state index contributed by atoms with van der Waals surface area (Å²) in [6.07, 6.45) is 0. The molecule has 1 atom stereocenters. The number of benzene rings is 2. The van der Waals surface area contributed by atoms with Gasteiger partial charge in [-0.25, -0.2) is 4.79 Å². The summed E-state index contributed by atoms with van der Waals surface area (Å²) in [6, 6.07) is 21.1. The van der Waals surface area contributed by atoms with E-state index in [0.29, 0.717) is 10.6 Å². The molecule has 1 N–H and O–H groups in total. The molecule has 1 amide bonds. The largest absolute Gasteiger partial charge is 0.465 e. The van der Waals surface area contributed by atoms with Gasteiger partial charge >= 0.3 is 5.97 Å². The molecular weight excluding hydrogens is 366 g/mol. The minimum absolute atomic E-state index is 0.186. The van der Waals surface area contributed by atoms with Crippen molar-refractivity contribution in [3.8, 4) is 0 Å². The van der Waals surface area contributed by atoms with Gasteiger partial charge in [-0.2, -0.15) is 0 Å². The number of esters is 1. The SMILES string of the molecule is COC(=O)c1sccc1NC(=O)[C@H](Sc1ccccc1)c1ccccc1. The molecule has 1 heterocycles. The summed E-state index contributed by atoms with van der Waals surface area (Å²) in [5, 5.41) is 4.19. The summed E-state index contributed by atoms with van der Waals surface area (Å²) >= 11 is 2.71. The molecular formula is C20H17NO3S2. The standard InChI is InChI=1S/C20H17NO3S2/c1-24-20(23)18-16(12-13-25-18)21-19(22)17(14-8-4-2-5-9-14)26-15-10-6-3-7-11-15/h2-13,17H,1H3,(H,21,22)/t17-/m1/s1. The number of methoxy groups -OCH3 is 1. The number of ether oxygens (including phenoxy) is 1. The quantitative estimate of drug-likeness (QED) is 0.480. The Kier molecular flexibility index (Phi) is 6.09. The van der Waals surface area contributed by atoms with Crippen molar-refractivity contribution < 1.29 is 14.3 Å². The lowest BCUT2D eigenvalue weighted by atomic mass is 10.1. The van der Waals surface area contributed by atoms with E-state index in [4.69, 9.17) is 4.74 Å². The molecule has 0 fully saturated rings. The van der Waals surface area contributed by atoms with Crippen molar-refractivity contribution in [1.82, 2.24) is 0 Å². The lowest BCUT2D eigenvalue weighted by Crippen LogP contribution is -2.20. The first kappa shape index (κ1) is 18.2. The lowest BCUT2D eigenvalue weighted by Gasteiger charge is -2.17. The first-order valence-electron chi connectivity index (χ1n) is 7.92. The molecule has 0 spiro atoms. The maximum absolute atomic E-state index is 13.0. The number of anilines is 1. The predicted molar refractivity (Wildman–Crippen MR) is 106 cm³/mol. The molecule has 0 unspecified atom stereocenters. The van der Waals surface area contributed by atoms with E-state index < -0.39 is 11.2 Å². The third-order valence-corrected chi connectivity index (χ3v) is 5.79. The first-order valence-corrected chi connectivity index (χ1v) is 9.68. The van der Waals surface area contributed by atoms with Crippen molar-refractivity contribution in [1.29, 1.82) is 0 Å². The summed E-state index contributed by atoms with van der Waals surface area (Å²) in [5.74, 6) is -0.643. The zero-order valence-electron chi connectivity index (χ0n) is 14.0. The number of carbonyl (C=O) groups excluding carboxylic acids is 2. The highest BCUT2D eigenvalue weighted by Gasteiger charge is 2.24. The normalized spacial score (nSPS) is 11.6. The minimum atomic E-state index is -0.456. The maximum Gasteiger partial charge on any atom is 0.350 e. The topological polar surface area (TPSA) is 55.4 Å². The zero-order valence-corrected chi connectivity index (χ0v) is 15.7. The molecule has 1 aromatic heterocycles. The molecule has 0 aliphatic rings. The smallest absolute Gasteiger partial charge is 0.350 e. The van der Waals surface area contributed by atoms with Gasteiger partial charge in [-0.05, 0) is 29.1 Å². The van der Waals surface area contributed by atoms with E-state index in [1.54, 1.807) is 11.4 Å². The fourth-order valence-corrected chi connectivity index (χ4v) is 4.20. The van der Waals surface area contributed by atoms with E-state index in [9.17, 15) is 9.59 Å². The molecule has 0 radical (unpaired) electrons. The number of thioether (sulfide) groups is 1. The van der Waals surface area contributed by atoms with E-state index in [1.807, 2.05) is 60.7 Å². The summed E-state index contributed by atoms with van der Waals surface area (Å²) in [4.78, 5) is 26.2. The molecule has 6 heteroatoms. The average molecular weight is 383 g/mol. The summed E-state index contributed by atoms with van der Waals surface area (Å²) < 4.78 is 4.77. The van der Waals surface area contributed by atoms with Crippen molar-refractivity contribution in [2.24, 2.45) is 0 Å². The van der Waals surface area contributed by atoms with Crippen molar-refractivity contribution in [3.63, 3.8) is 0 Å². The van der Waals surface area contributed by atoms with Crippen molar-refractivity contribution >= 4 is 40.7 Å². The van der Waals surface area contributed by atoms with E-state index in [1.165, 1.54) is 30.2 Å². The molecule has 132 valence electrons. The lowest BCUT2D eigenvalue weighted by molar-refractivity contribution is -0.115. The van der Waals surface area contributed by atoms with Crippen LogP contribution in [0.25, 0.3) is 0 Å². The van der Waals surface area contributed by atoms with Gasteiger partial charge in [0.15, 0.2) is 0 Å². The Morgan fingerprint density at radius 3 is 2.31 bits per heavy atom. The molecule has 3 rings (SSSR count). The van der Waals surface area contributed by atoms with Gasteiger partial charge in [0, 0.05) is 4.90 Å². The number of amides is 1. The van der Waals surface area contributed by atoms with Crippen LogP contribution in [0.1, 0.15) is 20.5 Å². The van der Waals surface area contributed by atoms with Crippen LogP contribution in [-0.2, 0) is 9.53 Å². The average Bonchev–Trinajstić information content (AvgIpc) is 3.15. The van der Waals surface area contributed by atoms with Crippen LogP contribution < -0.4 is 5.32 Å². The van der Waals surface area contributed by atoms with Gasteiger partial charge in [0.25, 0.3) is 0 Å². The first-order chi connectivity index (χ1) is 12.7. The predicted octanol–water partition coefficient (Wildman–Crippen LogP) is 5.01. The van der Waals surface area contributed by atoms with Crippen LogP contribution in [0.5, 0.6) is 0 Å². The Morgan fingerprint density at radius 2 is 1.65 bits per heavy atom. The Bertz CT molecular complexity index is 878. The second-order valence-electron chi connectivity index (χ2n) is 5.37. The molecule has 0 aliphatic heterocycles. The highest BCUT2D eigenvalue weighted by atomic mass is 32.2. The number of hydrogen-bond acceptors (Lipinski definition) is 5. The van der Waals surface area contributed by atoms with Crippen molar-refractivity contribution in [3.05, 3.63) is 82.6 Å². The second-order valence-corrected chi connectivity index (χ2v) is 7.46. The van der Waals surface area contributed by atoms with Gasteiger partial charge in [0.1, 0.15) is 10.1 Å². The Morgan fingerprint density at radius 1 is 1.00 bits per heavy atom. The molecule has 0 saturated carbocycles. The van der Waals surface area contributed by atoms with Crippen LogP contribution in [0, 0.1) is 0 Å². The number of hydrogen-bond donors (Lipinski definition) is 1. The van der Waals surface area contributed by atoms with E-state index in [-0.39, 0.29) is 5.91 Å². The van der Waals surface area contributed by atoms with Crippen LogP contribution in [0.3, 0.4) is 0 Å². The van der Waals surface area contributed by atoms with Gasteiger partial charge in [-0.15, -0.1) is 23.1 Å². The molecule has 4 nitrogen and oxygen atoms in total. The number of rotatable bonds is 6. The van der Waals surface area contributed by atoms with Gasteiger partial charge in [0.05, 0.1) is 12.8 Å². The highest BCUT2D eigenvalue weighted by Crippen LogP contribution is 2.36. The van der Waals surface area contributed by atoms with Crippen molar-refractivity contribution in [2.45, 2.75) is 10.1 Å². The summed E-state index contributed by atoms with van der Waals surface area (Å²) in [5.41, 5.74) is 1.37. The number of carbonyl (C=O) groups is 2. The third kappa shape index (κ3) is 4.33. The van der Waals surface area contributed by atoms with E-state index in [0.717, 1.165) is 10.5 Å². The van der Waals surface area contributed by atoms with Gasteiger partial charge in [0.2, 0.25) is 5.91 Å².